The van der Waals surface area contributed by atoms with E-state index in [4.69, 9.17) is 16.3 Å². The Morgan fingerprint density at radius 2 is 2.21 bits per heavy atom. The van der Waals surface area contributed by atoms with E-state index in [2.05, 4.69) is 4.98 Å². The Kier molecular flexibility index (Phi) is 2.17. The Hall–Kier alpha value is -1.48. The van der Waals surface area contributed by atoms with Crippen LogP contribution in [0.1, 0.15) is 0 Å². The number of hydrogen-bond donors (Lipinski definition) is 1. The quantitative estimate of drug-likeness (QED) is 0.782. The van der Waals surface area contributed by atoms with Gasteiger partial charge in [0.15, 0.2) is 5.43 Å². The number of pyridine rings is 1. The summed E-state index contributed by atoms with van der Waals surface area (Å²) in [5.41, 5.74) is 0.664. The van der Waals surface area contributed by atoms with Gasteiger partial charge in [-0.3, -0.25) is 4.79 Å². The summed E-state index contributed by atoms with van der Waals surface area (Å²) >= 11 is 5.91. The van der Waals surface area contributed by atoms with Crippen LogP contribution < -0.4 is 10.2 Å². The number of H-pyrrole nitrogens is 1. The minimum absolute atomic E-state index is 0.0475. The van der Waals surface area contributed by atoms with E-state index in [0.29, 0.717) is 21.7 Å². The lowest BCUT2D eigenvalue weighted by molar-refractivity contribution is 0.415. The second kappa shape index (κ2) is 3.35. The van der Waals surface area contributed by atoms with E-state index in [1.807, 2.05) is 0 Å². The fourth-order valence-electron chi connectivity index (χ4n) is 1.33. The highest BCUT2D eigenvalue weighted by molar-refractivity contribution is 6.32. The molecule has 0 aliphatic heterocycles. The second-order valence-electron chi connectivity index (χ2n) is 2.87. The van der Waals surface area contributed by atoms with E-state index in [9.17, 15) is 4.79 Å². The van der Waals surface area contributed by atoms with Crippen LogP contribution >= 0.6 is 11.6 Å². The standard InChI is InChI=1S/C10H8ClNO2/c1-14-10-4-6-8(5-7(10)11)12-3-2-9(6)13/h2-5H,1H3,(H,12,13). The molecule has 2 aromatic rings. The number of nitrogens with one attached hydrogen (secondary N) is 1. The van der Waals surface area contributed by atoms with Crippen LogP contribution in [0.25, 0.3) is 10.9 Å². The van der Waals surface area contributed by atoms with Crippen LogP contribution in [0.5, 0.6) is 5.75 Å². The molecule has 1 N–H and O–H groups in total. The van der Waals surface area contributed by atoms with Crippen molar-refractivity contribution in [3.05, 3.63) is 39.6 Å². The molecule has 2 rings (SSSR count). The molecule has 72 valence electrons. The van der Waals surface area contributed by atoms with Crippen LogP contribution in [0, 0.1) is 0 Å². The molecule has 0 saturated heterocycles. The van der Waals surface area contributed by atoms with E-state index in [-0.39, 0.29) is 5.43 Å². The largest absolute Gasteiger partial charge is 0.495 e. The number of methoxy groups -OCH3 is 1. The maximum absolute atomic E-state index is 11.4. The first-order valence-electron chi connectivity index (χ1n) is 4.07. The Labute approximate surface area is 85.3 Å². The van der Waals surface area contributed by atoms with E-state index in [1.54, 1.807) is 18.3 Å². The first-order chi connectivity index (χ1) is 6.72. The van der Waals surface area contributed by atoms with Gasteiger partial charge >= 0.3 is 0 Å². The van der Waals surface area contributed by atoms with Gasteiger partial charge in [-0.1, -0.05) is 11.6 Å². The Morgan fingerprint density at radius 1 is 1.43 bits per heavy atom. The van der Waals surface area contributed by atoms with Gasteiger partial charge in [-0.05, 0) is 12.1 Å². The fraction of sp³-hybridized carbons (Fsp3) is 0.100. The number of aromatic amines is 1. The third kappa shape index (κ3) is 1.36. The molecule has 0 atom stereocenters. The molecular formula is C10H8ClNO2. The lowest BCUT2D eigenvalue weighted by Crippen LogP contribution is -2.00. The first-order valence-corrected chi connectivity index (χ1v) is 4.45. The van der Waals surface area contributed by atoms with Gasteiger partial charge in [-0.15, -0.1) is 0 Å². The molecule has 0 radical (unpaired) electrons. The van der Waals surface area contributed by atoms with Crippen LogP contribution in [0.4, 0.5) is 0 Å². The average Bonchev–Trinajstić information content (AvgIpc) is 2.17. The number of ether oxygens (including phenoxy) is 1. The zero-order valence-electron chi connectivity index (χ0n) is 7.50. The molecule has 0 spiro atoms. The predicted molar refractivity (Wildman–Crippen MR) is 56.1 cm³/mol. The van der Waals surface area contributed by atoms with Gasteiger partial charge in [0, 0.05) is 17.6 Å². The minimum atomic E-state index is -0.0475. The molecule has 0 aliphatic carbocycles. The van der Waals surface area contributed by atoms with Crippen molar-refractivity contribution in [2.75, 3.05) is 7.11 Å². The van der Waals surface area contributed by atoms with Crippen molar-refractivity contribution in [2.45, 2.75) is 0 Å². The van der Waals surface area contributed by atoms with Crippen LogP contribution in [0.2, 0.25) is 5.02 Å². The van der Waals surface area contributed by atoms with E-state index in [0.717, 1.165) is 0 Å². The number of benzene rings is 1. The number of hydrogen-bond acceptors (Lipinski definition) is 2. The highest BCUT2D eigenvalue weighted by Gasteiger charge is 2.04. The van der Waals surface area contributed by atoms with Crippen molar-refractivity contribution >= 4 is 22.5 Å². The van der Waals surface area contributed by atoms with Gasteiger partial charge in [0.05, 0.1) is 17.6 Å². The molecule has 3 nitrogen and oxygen atoms in total. The summed E-state index contributed by atoms with van der Waals surface area (Å²) in [4.78, 5) is 14.4. The van der Waals surface area contributed by atoms with Crippen LogP contribution in [0.3, 0.4) is 0 Å². The third-order valence-electron chi connectivity index (χ3n) is 2.03. The van der Waals surface area contributed by atoms with Crippen molar-refractivity contribution in [3.8, 4) is 5.75 Å². The maximum atomic E-state index is 11.4. The van der Waals surface area contributed by atoms with Crippen molar-refractivity contribution in [3.63, 3.8) is 0 Å². The summed E-state index contributed by atoms with van der Waals surface area (Å²) in [6, 6.07) is 4.78. The summed E-state index contributed by atoms with van der Waals surface area (Å²) in [5, 5.41) is 1.07. The molecule has 0 unspecified atom stereocenters. The normalized spacial score (nSPS) is 10.4. The van der Waals surface area contributed by atoms with Crippen molar-refractivity contribution in [2.24, 2.45) is 0 Å². The zero-order valence-corrected chi connectivity index (χ0v) is 8.26. The van der Waals surface area contributed by atoms with Gasteiger partial charge in [0.2, 0.25) is 0 Å². The first kappa shape index (κ1) is 9.09. The molecule has 0 fully saturated rings. The number of fused-ring (bicyclic) bond motifs is 1. The van der Waals surface area contributed by atoms with Crippen LogP contribution in [-0.4, -0.2) is 12.1 Å². The topological polar surface area (TPSA) is 42.1 Å². The van der Waals surface area contributed by atoms with Crippen LogP contribution in [-0.2, 0) is 0 Å². The molecule has 4 heteroatoms. The lowest BCUT2D eigenvalue weighted by Gasteiger charge is -2.04. The van der Waals surface area contributed by atoms with E-state index in [1.165, 1.54) is 13.2 Å². The average molecular weight is 210 g/mol. The zero-order chi connectivity index (χ0) is 10.1. The summed E-state index contributed by atoms with van der Waals surface area (Å²) in [5.74, 6) is 0.510. The molecular weight excluding hydrogens is 202 g/mol. The molecule has 0 saturated carbocycles. The smallest absolute Gasteiger partial charge is 0.189 e. The molecule has 1 aromatic heterocycles. The van der Waals surface area contributed by atoms with Gasteiger partial charge in [-0.25, -0.2) is 0 Å². The number of rotatable bonds is 1. The van der Waals surface area contributed by atoms with Gasteiger partial charge in [0.25, 0.3) is 0 Å². The number of halogens is 1. The molecule has 1 aromatic carbocycles. The van der Waals surface area contributed by atoms with Crippen molar-refractivity contribution in [1.82, 2.24) is 4.98 Å². The highest BCUT2D eigenvalue weighted by atomic mass is 35.5. The summed E-state index contributed by atoms with van der Waals surface area (Å²) in [6.45, 7) is 0. The number of aromatic nitrogens is 1. The summed E-state index contributed by atoms with van der Waals surface area (Å²) in [7, 11) is 1.52. The second-order valence-corrected chi connectivity index (χ2v) is 3.28. The predicted octanol–water partition coefficient (Wildman–Crippen LogP) is 2.19. The Balaban J connectivity index is 2.87. The lowest BCUT2D eigenvalue weighted by atomic mass is 10.2. The molecule has 0 bridgehead atoms. The summed E-state index contributed by atoms with van der Waals surface area (Å²) < 4.78 is 5.02. The minimum Gasteiger partial charge on any atom is -0.495 e. The van der Waals surface area contributed by atoms with Gasteiger partial charge in [0.1, 0.15) is 5.75 Å². The molecule has 0 amide bonds. The SMILES string of the molecule is COc1cc2c(=O)cc[nH]c2cc1Cl. The third-order valence-corrected chi connectivity index (χ3v) is 2.33. The Morgan fingerprint density at radius 3 is 2.93 bits per heavy atom. The summed E-state index contributed by atoms with van der Waals surface area (Å²) in [6.07, 6.45) is 1.59. The van der Waals surface area contributed by atoms with Crippen molar-refractivity contribution < 1.29 is 4.74 Å². The highest BCUT2D eigenvalue weighted by Crippen LogP contribution is 2.27. The van der Waals surface area contributed by atoms with E-state index >= 15 is 0 Å². The molecule has 14 heavy (non-hydrogen) atoms. The Bertz CT molecular complexity index is 533. The van der Waals surface area contributed by atoms with Crippen molar-refractivity contribution in [1.29, 1.82) is 0 Å². The van der Waals surface area contributed by atoms with E-state index < -0.39 is 0 Å². The van der Waals surface area contributed by atoms with Crippen LogP contribution in [0.15, 0.2) is 29.2 Å². The van der Waals surface area contributed by atoms with Gasteiger partial charge < -0.3 is 9.72 Å². The molecule has 1 heterocycles. The monoisotopic (exact) mass is 209 g/mol. The fourth-order valence-corrected chi connectivity index (χ4v) is 1.57. The molecule has 0 aliphatic rings. The van der Waals surface area contributed by atoms with Gasteiger partial charge in [-0.2, -0.15) is 0 Å². The maximum Gasteiger partial charge on any atom is 0.189 e.